The van der Waals surface area contributed by atoms with Crippen LogP contribution in [-0.4, -0.2) is 96.7 Å². The molecule has 0 rings (SSSR count). The molecule has 0 radical (unpaired) electrons. The number of phosphoric ester groups is 2. The second kappa shape index (κ2) is 62.2. The monoisotopic (exact) mass is 1310 g/mol. The first-order chi connectivity index (χ1) is 42.9. The van der Waals surface area contributed by atoms with Crippen LogP contribution in [0.2, 0.25) is 0 Å². The summed E-state index contributed by atoms with van der Waals surface area (Å²) in [4.78, 5) is 72.5. The quantitative estimate of drug-likeness (QED) is 0.0222. The molecule has 0 saturated carbocycles. The number of carbonyl (C=O) groups excluding carboxylic acids is 4. The minimum atomic E-state index is -4.95. The van der Waals surface area contributed by atoms with E-state index in [1.807, 2.05) is 0 Å². The summed E-state index contributed by atoms with van der Waals surface area (Å²) < 4.78 is 68.2. The van der Waals surface area contributed by atoms with Gasteiger partial charge in [0.25, 0.3) is 0 Å². The molecule has 0 aromatic heterocycles. The number of hydrogen-bond acceptors (Lipinski definition) is 15. The van der Waals surface area contributed by atoms with E-state index in [9.17, 15) is 43.2 Å². The van der Waals surface area contributed by atoms with Crippen LogP contribution in [0.4, 0.5) is 0 Å². The molecule has 0 bridgehead atoms. The van der Waals surface area contributed by atoms with Crippen molar-refractivity contribution in [3.8, 4) is 0 Å². The van der Waals surface area contributed by atoms with Crippen molar-refractivity contribution in [3.05, 3.63) is 0 Å². The van der Waals surface area contributed by atoms with E-state index in [-0.39, 0.29) is 25.7 Å². The smallest absolute Gasteiger partial charge is 0.462 e. The summed E-state index contributed by atoms with van der Waals surface area (Å²) in [5.41, 5.74) is 0. The Morgan fingerprint density at radius 2 is 0.517 bits per heavy atom. The van der Waals surface area contributed by atoms with Crippen LogP contribution < -0.4 is 0 Å². The van der Waals surface area contributed by atoms with Crippen LogP contribution >= 0.6 is 15.6 Å². The highest BCUT2D eigenvalue weighted by atomic mass is 31.2. The van der Waals surface area contributed by atoms with Crippen molar-refractivity contribution in [2.45, 2.75) is 374 Å². The molecule has 3 N–H and O–H groups in total. The van der Waals surface area contributed by atoms with Crippen LogP contribution in [0.3, 0.4) is 0 Å². The van der Waals surface area contributed by atoms with Crippen LogP contribution in [-0.2, 0) is 65.4 Å². The van der Waals surface area contributed by atoms with Crippen molar-refractivity contribution in [1.29, 1.82) is 0 Å². The van der Waals surface area contributed by atoms with E-state index in [2.05, 4.69) is 41.5 Å². The summed E-state index contributed by atoms with van der Waals surface area (Å²) in [6.45, 7) is 9.52. The average Bonchev–Trinajstić information content (AvgIpc) is 3.50. The highest BCUT2D eigenvalue weighted by molar-refractivity contribution is 7.47. The summed E-state index contributed by atoms with van der Waals surface area (Å²) in [6.07, 6.45) is 47.2. The molecule has 0 heterocycles. The van der Waals surface area contributed by atoms with Crippen molar-refractivity contribution < 1.29 is 80.2 Å². The molecule has 0 aliphatic rings. The van der Waals surface area contributed by atoms with E-state index in [1.165, 1.54) is 173 Å². The van der Waals surface area contributed by atoms with E-state index in [1.54, 1.807) is 0 Å². The average molecular weight is 1310 g/mol. The number of carbonyl (C=O) groups is 4. The Hall–Kier alpha value is -1.94. The lowest BCUT2D eigenvalue weighted by Crippen LogP contribution is -2.30. The Bertz CT molecular complexity index is 1730. The molecule has 0 saturated heterocycles. The Balaban J connectivity index is 5.20. The molecule has 0 aromatic rings. The van der Waals surface area contributed by atoms with E-state index in [0.717, 1.165) is 102 Å². The Morgan fingerprint density at radius 1 is 0.303 bits per heavy atom. The summed E-state index contributed by atoms with van der Waals surface area (Å²) in [6, 6.07) is 0. The van der Waals surface area contributed by atoms with Crippen molar-refractivity contribution in [2.24, 2.45) is 11.8 Å². The standard InChI is InChI=1S/C70H136O17P2/c1-7-9-11-13-15-17-27-34-40-46-52-67(72)80-58-65(86-69(74)54-48-42-36-28-18-16-14-12-10-8-2)60-84-88(76,77)82-56-64(71)57-83-89(78,79)85-61-66(59-81-68(73)53-47-41-35-31-30-33-39-45-51-63(5)6)87-70(75)55-49-43-37-29-25-23-21-19-20-22-24-26-32-38-44-50-62(3)4/h62-66,71H,7-61H2,1-6H3,(H,76,77)(H,78,79)/t64-,65+,66+/m0/s1. The largest absolute Gasteiger partial charge is 0.472 e. The Kier molecular flexibility index (Phi) is 60.8. The van der Waals surface area contributed by atoms with Gasteiger partial charge in [-0.05, 0) is 37.5 Å². The highest BCUT2D eigenvalue weighted by Crippen LogP contribution is 2.45. The van der Waals surface area contributed by atoms with Gasteiger partial charge >= 0.3 is 39.5 Å². The summed E-state index contributed by atoms with van der Waals surface area (Å²) in [5, 5.41) is 10.6. The molecule has 0 aromatic carbocycles. The Labute approximate surface area is 543 Å². The highest BCUT2D eigenvalue weighted by Gasteiger charge is 2.30. The fourth-order valence-electron chi connectivity index (χ4n) is 10.6. The van der Waals surface area contributed by atoms with Crippen LogP contribution in [0.25, 0.3) is 0 Å². The SMILES string of the molecule is CCCCCCCCCCCCC(=O)OC[C@H](COP(=O)(O)OC[C@H](O)COP(=O)(O)OC[C@@H](COC(=O)CCCCCCCCCCC(C)C)OC(=O)CCCCCCCCCCCCCCCCCC(C)C)OC(=O)CCCCCCCCCCCC. The van der Waals surface area contributed by atoms with Gasteiger partial charge in [-0.1, -0.05) is 305 Å². The van der Waals surface area contributed by atoms with Crippen molar-refractivity contribution in [1.82, 2.24) is 0 Å². The zero-order chi connectivity index (χ0) is 65.7. The third kappa shape index (κ3) is 64.6. The first-order valence-electron chi connectivity index (χ1n) is 36.5. The molecule has 0 spiro atoms. The molecule has 2 unspecified atom stereocenters. The number of phosphoric acid groups is 2. The first-order valence-corrected chi connectivity index (χ1v) is 39.5. The van der Waals surface area contributed by atoms with Gasteiger partial charge in [-0.3, -0.25) is 37.3 Å². The summed E-state index contributed by atoms with van der Waals surface area (Å²) >= 11 is 0. The van der Waals surface area contributed by atoms with Crippen LogP contribution in [0, 0.1) is 11.8 Å². The van der Waals surface area contributed by atoms with E-state index < -0.39 is 97.5 Å². The van der Waals surface area contributed by atoms with Gasteiger partial charge in [0, 0.05) is 25.7 Å². The molecule has 5 atom stereocenters. The van der Waals surface area contributed by atoms with Crippen molar-refractivity contribution in [3.63, 3.8) is 0 Å². The molecule has 528 valence electrons. The van der Waals surface area contributed by atoms with Gasteiger partial charge in [-0.25, -0.2) is 9.13 Å². The fraction of sp³-hybridized carbons (Fsp3) is 0.943. The molecular weight excluding hydrogens is 1170 g/mol. The van der Waals surface area contributed by atoms with Gasteiger partial charge in [0.2, 0.25) is 0 Å². The van der Waals surface area contributed by atoms with Crippen molar-refractivity contribution in [2.75, 3.05) is 39.6 Å². The number of aliphatic hydroxyl groups excluding tert-OH is 1. The number of ether oxygens (including phenoxy) is 4. The molecule has 89 heavy (non-hydrogen) atoms. The molecule has 0 amide bonds. The molecule has 0 aliphatic heterocycles. The third-order valence-electron chi connectivity index (χ3n) is 16.2. The van der Waals surface area contributed by atoms with E-state index >= 15 is 0 Å². The van der Waals surface area contributed by atoms with Crippen LogP contribution in [0.5, 0.6) is 0 Å². The van der Waals surface area contributed by atoms with Gasteiger partial charge in [0.05, 0.1) is 26.4 Å². The number of hydrogen-bond donors (Lipinski definition) is 3. The van der Waals surface area contributed by atoms with Gasteiger partial charge in [0.15, 0.2) is 12.2 Å². The molecular formula is C70H136O17P2. The summed E-state index contributed by atoms with van der Waals surface area (Å²) in [7, 11) is -9.90. The van der Waals surface area contributed by atoms with Gasteiger partial charge in [-0.2, -0.15) is 0 Å². The zero-order valence-electron chi connectivity index (χ0n) is 57.7. The number of esters is 4. The van der Waals surface area contributed by atoms with E-state index in [0.29, 0.717) is 25.7 Å². The van der Waals surface area contributed by atoms with Gasteiger partial charge in [-0.15, -0.1) is 0 Å². The lowest BCUT2D eigenvalue weighted by Gasteiger charge is -2.21. The minimum absolute atomic E-state index is 0.106. The second-order valence-electron chi connectivity index (χ2n) is 26.2. The maximum Gasteiger partial charge on any atom is 0.472 e. The van der Waals surface area contributed by atoms with Crippen molar-refractivity contribution >= 4 is 39.5 Å². The van der Waals surface area contributed by atoms with Gasteiger partial charge in [0.1, 0.15) is 19.3 Å². The summed E-state index contributed by atoms with van der Waals surface area (Å²) in [5.74, 6) is -0.596. The number of rotatable bonds is 69. The lowest BCUT2D eigenvalue weighted by molar-refractivity contribution is -0.161. The van der Waals surface area contributed by atoms with Crippen LogP contribution in [0.15, 0.2) is 0 Å². The maximum absolute atomic E-state index is 13.0. The Morgan fingerprint density at radius 3 is 0.764 bits per heavy atom. The second-order valence-corrected chi connectivity index (χ2v) is 29.1. The molecule has 0 fully saturated rings. The number of aliphatic hydroxyl groups is 1. The third-order valence-corrected chi connectivity index (χ3v) is 18.1. The van der Waals surface area contributed by atoms with Gasteiger partial charge < -0.3 is 33.8 Å². The fourth-order valence-corrected chi connectivity index (χ4v) is 12.2. The number of unbranched alkanes of at least 4 members (excludes halogenated alkanes) is 39. The molecule has 17 nitrogen and oxygen atoms in total. The minimum Gasteiger partial charge on any atom is -0.462 e. The zero-order valence-corrected chi connectivity index (χ0v) is 59.5. The van der Waals surface area contributed by atoms with E-state index in [4.69, 9.17) is 37.0 Å². The van der Waals surface area contributed by atoms with Crippen LogP contribution in [0.1, 0.15) is 356 Å². The first kappa shape index (κ1) is 87.1. The predicted octanol–water partition coefficient (Wildman–Crippen LogP) is 20.0. The maximum atomic E-state index is 13.0. The molecule has 19 heteroatoms. The predicted molar refractivity (Wildman–Crippen MR) is 358 cm³/mol. The molecule has 0 aliphatic carbocycles. The lowest BCUT2D eigenvalue weighted by atomic mass is 10.0. The topological polar surface area (TPSA) is 237 Å². The normalized spacial score (nSPS) is 14.1.